The van der Waals surface area contributed by atoms with Gasteiger partial charge >= 0.3 is 0 Å². The topological polar surface area (TPSA) is 64.2 Å². The molecule has 0 radical (unpaired) electrons. The Labute approximate surface area is 102 Å². The largest absolute Gasteiger partial charge is 0.351 e. The first-order chi connectivity index (χ1) is 8.11. The number of rotatable bonds is 6. The van der Waals surface area contributed by atoms with E-state index in [0.29, 0.717) is 18.9 Å². The fourth-order valence-electron chi connectivity index (χ4n) is 1.79. The molecule has 0 saturated heterocycles. The summed E-state index contributed by atoms with van der Waals surface area (Å²) in [5, 5.41) is 0. The van der Waals surface area contributed by atoms with Gasteiger partial charge in [0.25, 0.3) is 5.56 Å². The molecule has 1 rings (SSSR count). The van der Waals surface area contributed by atoms with Crippen molar-refractivity contribution in [1.29, 1.82) is 0 Å². The Morgan fingerprint density at radius 1 is 1.47 bits per heavy atom. The Balaban J connectivity index is 3.10. The van der Waals surface area contributed by atoms with Crippen molar-refractivity contribution < 1.29 is 0 Å². The number of nitrogens with two attached hydrogens (primary N) is 1. The van der Waals surface area contributed by atoms with Crippen molar-refractivity contribution in [2.75, 3.05) is 24.5 Å². The molecule has 1 aromatic rings. The summed E-state index contributed by atoms with van der Waals surface area (Å²) in [4.78, 5) is 18.4. The summed E-state index contributed by atoms with van der Waals surface area (Å²) < 4.78 is 1.70. The highest BCUT2D eigenvalue weighted by Crippen LogP contribution is 2.06. The molecule has 0 amide bonds. The normalized spacial score (nSPS) is 10.9. The fourth-order valence-corrected chi connectivity index (χ4v) is 1.79. The molecule has 0 bridgehead atoms. The van der Waals surface area contributed by atoms with E-state index in [-0.39, 0.29) is 11.6 Å². The van der Waals surface area contributed by atoms with Gasteiger partial charge in [-0.1, -0.05) is 6.92 Å². The van der Waals surface area contributed by atoms with Gasteiger partial charge in [-0.3, -0.25) is 4.79 Å². The van der Waals surface area contributed by atoms with E-state index < -0.39 is 0 Å². The van der Waals surface area contributed by atoms with Crippen LogP contribution in [-0.2, 0) is 0 Å². The number of aromatic nitrogens is 2. The van der Waals surface area contributed by atoms with Crippen LogP contribution in [0.2, 0.25) is 0 Å². The zero-order valence-electron chi connectivity index (χ0n) is 10.9. The van der Waals surface area contributed by atoms with Crippen LogP contribution in [0.5, 0.6) is 0 Å². The minimum Gasteiger partial charge on any atom is -0.351 e. The van der Waals surface area contributed by atoms with Gasteiger partial charge in [0.15, 0.2) is 5.82 Å². The lowest BCUT2D eigenvalue weighted by Gasteiger charge is -2.22. The molecule has 0 aromatic carbocycles. The summed E-state index contributed by atoms with van der Waals surface area (Å²) in [5.74, 6) is 0.508. The van der Waals surface area contributed by atoms with Crippen LogP contribution in [-0.4, -0.2) is 29.2 Å². The highest BCUT2D eigenvalue weighted by molar-refractivity contribution is 5.35. The highest BCUT2D eigenvalue weighted by atomic mass is 16.1. The Kier molecular flexibility index (Phi) is 5.15. The van der Waals surface area contributed by atoms with E-state index in [1.54, 1.807) is 17.0 Å². The monoisotopic (exact) mass is 238 g/mol. The van der Waals surface area contributed by atoms with Crippen molar-refractivity contribution in [1.82, 2.24) is 9.55 Å². The van der Waals surface area contributed by atoms with Gasteiger partial charge in [0.2, 0.25) is 0 Å². The Morgan fingerprint density at radius 2 is 2.18 bits per heavy atom. The standard InChI is InChI=1S/C12H22N4O/c1-4-7-15(8-5-13)11-12(17)16(10(2)3)9-6-14-11/h6,9-10H,4-5,7-8,13H2,1-3H3. The first-order valence-corrected chi connectivity index (χ1v) is 6.14. The maximum atomic E-state index is 12.2. The van der Waals surface area contributed by atoms with Gasteiger partial charge in [0.1, 0.15) is 0 Å². The number of hydrogen-bond acceptors (Lipinski definition) is 4. The van der Waals surface area contributed by atoms with E-state index in [1.807, 2.05) is 18.7 Å². The maximum absolute atomic E-state index is 12.2. The summed E-state index contributed by atoms with van der Waals surface area (Å²) in [6, 6.07) is 0.144. The smallest absolute Gasteiger partial charge is 0.293 e. The van der Waals surface area contributed by atoms with Crippen LogP contribution in [0.15, 0.2) is 17.2 Å². The SMILES string of the molecule is CCCN(CCN)c1nccn(C(C)C)c1=O. The molecular weight excluding hydrogens is 216 g/mol. The van der Waals surface area contributed by atoms with Gasteiger partial charge in [0, 0.05) is 38.1 Å². The lowest BCUT2D eigenvalue weighted by atomic mass is 10.3. The van der Waals surface area contributed by atoms with Crippen molar-refractivity contribution in [3.05, 3.63) is 22.7 Å². The summed E-state index contributed by atoms with van der Waals surface area (Å²) in [5.41, 5.74) is 5.53. The molecule has 96 valence electrons. The molecule has 5 nitrogen and oxygen atoms in total. The molecule has 0 fully saturated rings. The van der Waals surface area contributed by atoms with Crippen molar-refractivity contribution in [2.45, 2.75) is 33.2 Å². The molecule has 2 N–H and O–H groups in total. The quantitative estimate of drug-likeness (QED) is 0.803. The second-order valence-electron chi connectivity index (χ2n) is 4.33. The first-order valence-electron chi connectivity index (χ1n) is 6.14. The molecule has 0 unspecified atom stereocenters. The predicted octanol–water partition coefficient (Wildman–Crippen LogP) is 0.999. The Hall–Kier alpha value is -1.36. The molecule has 17 heavy (non-hydrogen) atoms. The minimum absolute atomic E-state index is 0.0376. The Bertz CT molecular complexity index is 394. The second-order valence-corrected chi connectivity index (χ2v) is 4.33. The van der Waals surface area contributed by atoms with E-state index in [1.165, 1.54) is 0 Å². The fraction of sp³-hybridized carbons (Fsp3) is 0.667. The molecule has 0 atom stereocenters. The molecule has 0 aliphatic rings. The summed E-state index contributed by atoms with van der Waals surface area (Å²) >= 11 is 0. The third kappa shape index (κ3) is 3.30. The van der Waals surface area contributed by atoms with Crippen LogP contribution < -0.4 is 16.2 Å². The van der Waals surface area contributed by atoms with Crippen LogP contribution in [0, 0.1) is 0 Å². The van der Waals surface area contributed by atoms with E-state index in [9.17, 15) is 4.79 Å². The number of anilines is 1. The molecule has 5 heteroatoms. The van der Waals surface area contributed by atoms with Crippen LogP contribution >= 0.6 is 0 Å². The molecule has 0 aliphatic carbocycles. The van der Waals surface area contributed by atoms with Gasteiger partial charge in [0.05, 0.1) is 0 Å². The average molecular weight is 238 g/mol. The van der Waals surface area contributed by atoms with E-state index >= 15 is 0 Å². The number of nitrogens with zero attached hydrogens (tertiary/aromatic N) is 3. The molecule has 0 aliphatic heterocycles. The molecule has 1 heterocycles. The summed E-state index contributed by atoms with van der Waals surface area (Å²) in [6.07, 6.45) is 4.37. The third-order valence-corrected chi connectivity index (χ3v) is 2.60. The van der Waals surface area contributed by atoms with Crippen molar-refractivity contribution in [3.8, 4) is 0 Å². The molecule has 0 spiro atoms. The summed E-state index contributed by atoms with van der Waals surface area (Å²) in [7, 11) is 0. The van der Waals surface area contributed by atoms with Gasteiger partial charge in [-0.05, 0) is 20.3 Å². The van der Waals surface area contributed by atoms with Gasteiger partial charge in [-0.2, -0.15) is 0 Å². The van der Waals surface area contributed by atoms with E-state index in [0.717, 1.165) is 13.0 Å². The van der Waals surface area contributed by atoms with Crippen molar-refractivity contribution in [2.24, 2.45) is 5.73 Å². The molecule has 0 saturated carbocycles. The highest BCUT2D eigenvalue weighted by Gasteiger charge is 2.13. The van der Waals surface area contributed by atoms with Crippen LogP contribution in [0.25, 0.3) is 0 Å². The molecule has 1 aromatic heterocycles. The second kappa shape index (κ2) is 6.39. The van der Waals surface area contributed by atoms with Crippen LogP contribution in [0.1, 0.15) is 33.2 Å². The maximum Gasteiger partial charge on any atom is 0.293 e. The lowest BCUT2D eigenvalue weighted by Crippen LogP contribution is -2.37. The predicted molar refractivity (Wildman–Crippen MR) is 70.4 cm³/mol. The van der Waals surface area contributed by atoms with Crippen LogP contribution in [0.4, 0.5) is 5.82 Å². The first kappa shape index (κ1) is 13.7. The van der Waals surface area contributed by atoms with Crippen molar-refractivity contribution in [3.63, 3.8) is 0 Å². The zero-order valence-corrected chi connectivity index (χ0v) is 10.9. The molecular formula is C12H22N4O. The van der Waals surface area contributed by atoms with Crippen LogP contribution in [0.3, 0.4) is 0 Å². The van der Waals surface area contributed by atoms with Crippen molar-refractivity contribution >= 4 is 5.82 Å². The van der Waals surface area contributed by atoms with Gasteiger partial charge < -0.3 is 15.2 Å². The third-order valence-electron chi connectivity index (χ3n) is 2.60. The summed E-state index contributed by atoms with van der Waals surface area (Å²) in [6.45, 7) is 8.04. The number of hydrogen-bond donors (Lipinski definition) is 1. The zero-order chi connectivity index (χ0) is 12.8. The minimum atomic E-state index is -0.0376. The Morgan fingerprint density at radius 3 is 2.71 bits per heavy atom. The van der Waals surface area contributed by atoms with E-state index in [4.69, 9.17) is 5.73 Å². The lowest BCUT2D eigenvalue weighted by molar-refractivity contribution is 0.570. The van der Waals surface area contributed by atoms with Gasteiger partial charge in [-0.15, -0.1) is 0 Å². The van der Waals surface area contributed by atoms with Gasteiger partial charge in [-0.25, -0.2) is 4.98 Å². The average Bonchev–Trinajstić information content (AvgIpc) is 2.29. The van der Waals surface area contributed by atoms with E-state index in [2.05, 4.69) is 11.9 Å².